The monoisotopic (exact) mass is 202 g/mol. The molecule has 0 radical (unpaired) electrons. The molecular weight excluding hydrogens is 188 g/mol. The maximum absolute atomic E-state index is 10.3. The molecule has 0 bridgehead atoms. The second-order valence-corrected chi connectivity index (χ2v) is 4.27. The SMILES string of the molecule is C=C1CCC(C(O)C=S(=O)=O)CC1. The van der Waals surface area contributed by atoms with Gasteiger partial charge in [-0.2, -0.15) is 8.42 Å². The van der Waals surface area contributed by atoms with Crippen LogP contribution in [0.4, 0.5) is 0 Å². The Labute approximate surface area is 79.6 Å². The lowest BCUT2D eigenvalue weighted by molar-refractivity contribution is 0.156. The van der Waals surface area contributed by atoms with Crippen molar-refractivity contribution in [1.29, 1.82) is 0 Å². The fourth-order valence-corrected chi connectivity index (χ4v) is 2.06. The van der Waals surface area contributed by atoms with E-state index in [-0.39, 0.29) is 5.92 Å². The Bertz CT molecular complexity index is 298. The fraction of sp³-hybridized carbons (Fsp3) is 0.667. The van der Waals surface area contributed by atoms with Crippen molar-refractivity contribution in [1.82, 2.24) is 0 Å². The zero-order valence-electron chi connectivity index (χ0n) is 7.44. The first-order valence-corrected chi connectivity index (χ1v) is 5.51. The smallest absolute Gasteiger partial charge is 0.212 e. The van der Waals surface area contributed by atoms with Gasteiger partial charge in [-0.05, 0) is 31.6 Å². The lowest BCUT2D eigenvalue weighted by Gasteiger charge is -2.25. The highest BCUT2D eigenvalue weighted by molar-refractivity contribution is 7.71. The van der Waals surface area contributed by atoms with E-state index in [0.29, 0.717) is 0 Å². The normalized spacial score (nSPS) is 21.2. The predicted octanol–water partition coefficient (Wildman–Crippen LogP) is 0.775. The lowest BCUT2D eigenvalue weighted by Crippen LogP contribution is -2.24. The summed E-state index contributed by atoms with van der Waals surface area (Å²) in [6.45, 7) is 3.86. The van der Waals surface area contributed by atoms with Gasteiger partial charge in [-0.1, -0.05) is 12.2 Å². The minimum absolute atomic E-state index is 0.0865. The Kier molecular flexibility index (Phi) is 3.69. The van der Waals surface area contributed by atoms with Crippen LogP contribution in [0.5, 0.6) is 0 Å². The van der Waals surface area contributed by atoms with Gasteiger partial charge in [-0.3, -0.25) is 0 Å². The van der Waals surface area contributed by atoms with Crippen molar-refractivity contribution in [3.05, 3.63) is 12.2 Å². The molecule has 0 saturated heterocycles. The molecule has 1 N–H and O–H groups in total. The van der Waals surface area contributed by atoms with E-state index in [1.165, 1.54) is 5.57 Å². The lowest BCUT2D eigenvalue weighted by atomic mass is 9.84. The second kappa shape index (κ2) is 4.58. The molecule has 1 saturated carbocycles. The van der Waals surface area contributed by atoms with Crippen LogP contribution in [-0.2, 0) is 10.3 Å². The second-order valence-electron chi connectivity index (χ2n) is 3.47. The van der Waals surface area contributed by atoms with E-state index < -0.39 is 16.4 Å². The maximum atomic E-state index is 10.3. The van der Waals surface area contributed by atoms with Crippen LogP contribution >= 0.6 is 0 Å². The summed E-state index contributed by atoms with van der Waals surface area (Å²) in [6.07, 6.45) is 2.68. The van der Waals surface area contributed by atoms with Gasteiger partial charge >= 0.3 is 0 Å². The quantitative estimate of drug-likeness (QED) is 0.531. The predicted molar refractivity (Wildman–Crippen MR) is 52.1 cm³/mol. The van der Waals surface area contributed by atoms with Gasteiger partial charge < -0.3 is 5.11 Å². The third kappa shape index (κ3) is 3.32. The molecule has 0 heterocycles. The molecule has 13 heavy (non-hydrogen) atoms. The first-order valence-electron chi connectivity index (χ1n) is 4.37. The standard InChI is InChI=1S/C9H14O3S/c1-7-2-4-8(5-3-7)9(10)6-13(11)12/h6,8-10H,1-5H2. The summed E-state index contributed by atoms with van der Waals surface area (Å²) < 4.78 is 20.6. The molecule has 4 heteroatoms. The molecule has 0 aromatic carbocycles. The fourth-order valence-electron chi connectivity index (χ4n) is 1.61. The van der Waals surface area contributed by atoms with Crippen LogP contribution in [0.1, 0.15) is 25.7 Å². The third-order valence-electron chi connectivity index (χ3n) is 2.47. The molecule has 0 aromatic rings. The Morgan fingerprint density at radius 1 is 1.46 bits per heavy atom. The van der Waals surface area contributed by atoms with Crippen LogP contribution in [-0.4, -0.2) is 25.0 Å². The highest BCUT2D eigenvalue weighted by atomic mass is 32.2. The Morgan fingerprint density at radius 2 is 2.00 bits per heavy atom. The molecule has 1 aliphatic rings. The van der Waals surface area contributed by atoms with Crippen molar-refractivity contribution in [2.45, 2.75) is 31.8 Å². The van der Waals surface area contributed by atoms with Crippen molar-refractivity contribution in [2.75, 3.05) is 0 Å². The summed E-state index contributed by atoms with van der Waals surface area (Å²) in [5.74, 6) is 0.0865. The molecule has 0 aliphatic heterocycles. The summed E-state index contributed by atoms with van der Waals surface area (Å²) in [5, 5.41) is 10.4. The summed E-state index contributed by atoms with van der Waals surface area (Å²) in [6, 6.07) is 0. The number of hydrogen-bond donors (Lipinski definition) is 1. The number of aliphatic hydroxyl groups is 1. The van der Waals surface area contributed by atoms with Crippen LogP contribution in [0.3, 0.4) is 0 Å². The topological polar surface area (TPSA) is 54.4 Å². The molecular formula is C9H14O3S. The van der Waals surface area contributed by atoms with E-state index in [9.17, 15) is 13.5 Å². The van der Waals surface area contributed by atoms with Gasteiger partial charge in [0.05, 0.1) is 11.5 Å². The number of rotatable bonds is 2. The molecule has 1 aliphatic carbocycles. The molecule has 0 spiro atoms. The van der Waals surface area contributed by atoms with Gasteiger partial charge in [0.15, 0.2) is 0 Å². The molecule has 1 fully saturated rings. The number of allylic oxidation sites excluding steroid dienone is 1. The summed E-state index contributed by atoms with van der Waals surface area (Å²) in [5.41, 5.74) is 1.20. The van der Waals surface area contributed by atoms with Gasteiger partial charge in [0.2, 0.25) is 10.3 Å². The molecule has 3 nitrogen and oxygen atoms in total. The highest BCUT2D eigenvalue weighted by Gasteiger charge is 2.21. The van der Waals surface area contributed by atoms with Gasteiger partial charge in [0.25, 0.3) is 0 Å². The van der Waals surface area contributed by atoms with Crippen molar-refractivity contribution < 1.29 is 13.5 Å². The van der Waals surface area contributed by atoms with Crippen molar-refractivity contribution in [2.24, 2.45) is 5.92 Å². The third-order valence-corrected chi connectivity index (χ3v) is 2.97. The molecule has 0 aromatic heterocycles. The van der Waals surface area contributed by atoms with Crippen LogP contribution in [0.25, 0.3) is 0 Å². The average Bonchev–Trinajstić information content (AvgIpc) is 2.04. The Hall–Kier alpha value is -0.610. The molecule has 74 valence electrons. The van der Waals surface area contributed by atoms with E-state index in [1.54, 1.807) is 0 Å². The summed E-state index contributed by atoms with van der Waals surface area (Å²) in [4.78, 5) is 0. The highest BCUT2D eigenvalue weighted by Crippen LogP contribution is 2.28. The van der Waals surface area contributed by atoms with Gasteiger partial charge in [-0.25, -0.2) is 0 Å². The minimum Gasteiger partial charge on any atom is -0.388 e. The van der Waals surface area contributed by atoms with E-state index >= 15 is 0 Å². The average molecular weight is 202 g/mol. The van der Waals surface area contributed by atoms with E-state index in [0.717, 1.165) is 31.1 Å². The van der Waals surface area contributed by atoms with Crippen molar-refractivity contribution in [3.8, 4) is 0 Å². The number of aliphatic hydroxyl groups excluding tert-OH is 1. The Balaban J connectivity index is 2.54. The first-order chi connectivity index (χ1) is 6.09. The van der Waals surface area contributed by atoms with Crippen LogP contribution in [0.2, 0.25) is 0 Å². The maximum Gasteiger partial charge on any atom is 0.212 e. The van der Waals surface area contributed by atoms with Crippen LogP contribution < -0.4 is 0 Å². The largest absolute Gasteiger partial charge is 0.388 e. The Morgan fingerprint density at radius 3 is 2.46 bits per heavy atom. The zero-order valence-corrected chi connectivity index (χ0v) is 8.26. The van der Waals surface area contributed by atoms with Gasteiger partial charge in [0, 0.05) is 0 Å². The van der Waals surface area contributed by atoms with E-state index in [2.05, 4.69) is 6.58 Å². The molecule has 1 atom stereocenters. The van der Waals surface area contributed by atoms with Crippen molar-refractivity contribution in [3.63, 3.8) is 0 Å². The molecule has 1 unspecified atom stereocenters. The molecule has 1 rings (SSSR count). The van der Waals surface area contributed by atoms with Crippen LogP contribution in [0.15, 0.2) is 12.2 Å². The minimum atomic E-state index is -2.25. The van der Waals surface area contributed by atoms with E-state index in [1.807, 2.05) is 0 Å². The summed E-state index contributed by atoms with van der Waals surface area (Å²) in [7, 11) is -2.25. The zero-order chi connectivity index (χ0) is 9.84. The van der Waals surface area contributed by atoms with Gasteiger partial charge in [-0.15, -0.1) is 0 Å². The summed E-state index contributed by atoms with van der Waals surface area (Å²) >= 11 is 0. The van der Waals surface area contributed by atoms with E-state index in [4.69, 9.17) is 0 Å². The van der Waals surface area contributed by atoms with Crippen LogP contribution in [0, 0.1) is 5.92 Å². The molecule has 0 amide bonds. The van der Waals surface area contributed by atoms with Crippen molar-refractivity contribution >= 4 is 15.7 Å². The van der Waals surface area contributed by atoms with Gasteiger partial charge in [0.1, 0.15) is 0 Å². The first kappa shape index (κ1) is 10.5. The number of hydrogen-bond acceptors (Lipinski definition) is 3.